The van der Waals surface area contributed by atoms with Crippen molar-refractivity contribution in [2.24, 2.45) is 0 Å². The molecule has 1 heterocycles. The molecule has 0 fully saturated rings. The average Bonchev–Trinajstić information content (AvgIpc) is 2.51. The van der Waals surface area contributed by atoms with E-state index in [4.69, 9.17) is 0 Å². The number of rotatable bonds is 6. The monoisotopic (exact) mass is 300 g/mol. The molecule has 118 valence electrons. The molecule has 1 N–H and O–H groups in total. The van der Waals surface area contributed by atoms with Crippen molar-refractivity contribution in [1.29, 1.82) is 0 Å². The largest absolute Gasteiger partial charge is 0.369 e. The fourth-order valence-electron chi connectivity index (χ4n) is 2.50. The average molecular weight is 300 g/mol. The van der Waals surface area contributed by atoms with Crippen LogP contribution in [0.5, 0.6) is 0 Å². The summed E-state index contributed by atoms with van der Waals surface area (Å²) in [5.41, 5.74) is 1.93. The topological polar surface area (TPSA) is 50.2 Å². The Morgan fingerprint density at radius 1 is 1.23 bits per heavy atom. The molecule has 5 nitrogen and oxygen atoms in total. The third-order valence-electron chi connectivity index (χ3n) is 3.68. The molecule has 0 aliphatic heterocycles. The molecule has 0 bridgehead atoms. The predicted molar refractivity (Wildman–Crippen MR) is 92.1 cm³/mol. The van der Waals surface area contributed by atoms with Crippen molar-refractivity contribution < 1.29 is 0 Å². The van der Waals surface area contributed by atoms with Crippen LogP contribution in [0.3, 0.4) is 0 Å². The molecule has 0 saturated heterocycles. The first kappa shape index (κ1) is 16.1. The summed E-state index contributed by atoms with van der Waals surface area (Å²) in [7, 11) is 0. The second-order valence-electron chi connectivity index (χ2n) is 5.42. The Kier molecular flexibility index (Phi) is 5.20. The van der Waals surface area contributed by atoms with Gasteiger partial charge in [-0.3, -0.25) is 4.79 Å². The van der Waals surface area contributed by atoms with Gasteiger partial charge in [0.2, 0.25) is 0 Å². The summed E-state index contributed by atoms with van der Waals surface area (Å²) >= 11 is 0. The zero-order valence-corrected chi connectivity index (χ0v) is 13.7. The van der Waals surface area contributed by atoms with Crippen molar-refractivity contribution >= 4 is 17.2 Å². The summed E-state index contributed by atoms with van der Waals surface area (Å²) < 4.78 is 1.63. The summed E-state index contributed by atoms with van der Waals surface area (Å²) in [5, 5.41) is 3.10. The Morgan fingerprint density at radius 2 is 1.91 bits per heavy atom. The molecule has 0 atom stereocenters. The summed E-state index contributed by atoms with van der Waals surface area (Å²) in [5.74, 6) is 0.355. The first-order valence-electron chi connectivity index (χ1n) is 7.76. The molecule has 0 radical (unpaired) electrons. The highest BCUT2D eigenvalue weighted by molar-refractivity contribution is 5.60. The molecule has 0 aliphatic rings. The molecular formula is C17H24N4O. The highest BCUT2D eigenvalue weighted by Gasteiger charge is 2.09. The lowest BCUT2D eigenvalue weighted by Crippen LogP contribution is -2.30. The fraction of sp³-hybridized carbons (Fsp3) is 0.412. The number of aromatic nitrogens is 2. The van der Waals surface area contributed by atoms with Crippen molar-refractivity contribution in [3.63, 3.8) is 0 Å². The van der Waals surface area contributed by atoms with E-state index in [2.05, 4.69) is 48.1 Å². The molecule has 5 heteroatoms. The van der Waals surface area contributed by atoms with Crippen LogP contribution in [0.25, 0.3) is 0 Å². The van der Waals surface area contributed by atoms with Crippen LogP contribution in [0, 0.1) is 0 Å². The Labute approximate surface area is 131 Å². The second-order valence-corrected chi connectivity index (χ2v) is 5.42. The number of hydrogen-bond donors (Lipinski definition) is 1. The second kappa shape index (κ2) is 7.11. The van der Waals surface area contributed by atoms with Gasteiger partial charge in [0, 0.05) is 42.9 Å². The summed E-state index contributed by atoms with van der Waals surface area (Å²) in [6.45, 7) is 10.0. The van der Waals surface area contributed by atoms with Crippen LogP contribution < -0.4 is 15.8 Å². The minimum atomic E-state index is -0.105. The van der Waals surface area contributed by atoms with E-state index in [1.807, 2.05) is 19.1 Å². The standard InChI is InChI=1S/C17H24N4O/c1-5-20-12-11-18-16(17(20)22)19-14-7-9-15(10-8-14)21(6-2)13(3)4/h7-13H,5-6H2,1-4H3,(H,18,19). The minimum absolute atomic E-state index is 0.105. The van der Waals surface area contributed by atoms with E-state index in [1.54, 1.807) is 17.0 Å². The molecule has 1 aromatic carbocycles. The maximum Gasteiger partial charge on any atom is 0.293 e. The van der Waals surface area contributed by atoms with Gasteiger partial charge in [-0.05, 0) is 52.0 Å². The third-order valence-corrected chi connectivity index (χ3v) is 3.68. The van der Waals surface area contributed by atoms with Gasteiger partial charge in [-0.1, -0.05) is 0 Å². The molecule has 0 aliphatic carbocycles. The normalized spacial score (nSPS) is 10.8. The first-order valence-corrected chi connectivity index (χ1v) is 7.76. The zero-order chi connectivity index (χ0) is 16.1. The summed E-state index contributed by atoms with van der Waals surface area (Å²) in [6.07, 6.45) is 3.33. The van der Waals surface area contributed by atoms with Gasteiger partial charge in [0.05, 0.1) is 0 Å². The number of nitrogens with zero attached hydrogens (tertiary/aromatic N) is 3. The van der Waals surface area contributed by atoms with Gasteiger partial charge >= 0.3 is 0 Å². The number of aryl methyl sites for hydroxylation is 1. The van der Waals surface area contributed by atoms with Crippen LogP contribution in [0.15, 0.2) is 41.5 Å². The van der Waals surface area contributed by atoms with Gasteiger partial charge < -0.3 is 14.8 Å². The Hall–Kier alpha value is -2.30. The lowest BCUT2D eigenvalue weighted by Gasteiger charge is -2.27. The van der Waals surface area contributed by atoms with E-state index in [0.717, 1.165) is 12.2 Å². The Bertz CT molecular complexity index is 661. The van der Waals surface area contributed by atoms with Crippen LogP contribution in [0.4, 0.5) is 17.2 Å². The minimum Gasteiger partial charge on any atom is -0.369 e. The van der Waals surface area contributed by atoms with Crippen LogP contribution in [-0.2, 0) is 6.54 Å². The van der Waals surface area contributed by atoms with Crippen LogP contribution in [0.2, 0.25) is 0 Å². The van der Waals surface area contributed by atoms with E-state index in [1.165, 1.54) is 5.69 Å². The molecule has 2 aromatic rings. The van der Waals surface area contributed by atoms with Crippen molar-refractivity contribution in [3.05, 3.63) is 47.0 Å². The molecule has 0 amide bonds. The van der Waals surface area contributed by atoms with Crippen LogP contribution >= 0.6 is 0 Å². The van der Waals surface area contributed by atoms with E-state index in [-0.39, 0.29) is 5.56 Å². The van der Waals surface area contributed by atoms with E-state index >= 15 is 0 Å². The number of nitrogens with one attached hydrogen (secondary N) is 1. The van der Waals surface area contributed by atoms with Crippen LogP contribution in [0.1, 0.15) is 27.7 Å². The fourth-order valence-corrected chi connectivity index (χ4v) is 2.50. The van der Waals surface area contributed by atoms with Gasteiger partial charge in [-0.2, -0.15) is 0 Å². The van der Waals surface area contributed by atoms with E-state index in [0.29, 0.717) is 18.4 Å². The quantitative estimate of drug-likeness (QED) is 0.890. The molecule has 1 aromatic heterocycles. The zero-order valence-electron chi connectivity index (χ0n) is 13.7. The van der Waals surface area contributed by atoms with Gasteiger partial charge in [-0.15, -0.1) is 0 Å². The number of hydrogen-bond acceptors (Lipinski definition) is 4. The molecule has 0 saturated carbocycles. The van der Waals surface area contributed by atoms with Crippen molar-refractivity contribution in [1.82, 2.24) is 9.55 Å². The third kappa shape index (κ3) is 3.47. The molecular weight excluding hydrogens is 276 g/mol. The highest BCUT2D eigenvalue weighted by atomic mass is 16.1. The van der Waals surface area contributed by atoms with Gasteiger partial charge in [0.1, 0.15) is 0 Å². The predicted octanol–water partition coefficient (Wildman–Crippen LogP) is 3.24. The molecule has 22 heavy (non-hydrogen) atoms. The molecule has 2 rings (SSSR count). The van der Waals surface area contributed by atoms with Crippen molar-refractivity contribution in [2.45, 2.75) is 40.3 Å². The number of anilines is 3. The molecule has 0 spiro atoms. The van der Waals surface area contributed by atoms with E-state index < -0.39 is 0 Å². The van der Waals surface area contributed by atoms with Crippen molar-refractivity contribution in [2.75, 3.05) is 16.8 Å². The maximum absolute atomic E-state index is 12.1. The van der Waals surface area contributed by atoms with Gasteiger partial charge in [0.15, 0.2) is 5.82 Å². The van der Waals surface area contributed by atoms with Crippen molar-refractivity contribution in [3.8, 4) is 0 Å². The first-order chi connectivity index (χ1) is 10.6. The molecule has 0 unspecified atom stereocenters. The maximum atomic E-state index is 12.1. The highest BCUT2D eigenvalue weighted by Crippen LogP contribution is 2.21. The van der Waals surface area contributed by atoms with Gasteiger partial charge in [0.25, 0.3) is 5.56 Å². The smallest absolute Gasteiger partial charge is 0.293 e. The number of benzene rings is 1. The Balaban J connectivity index is 2.20. The Morgan fingerprint density at radius 3 is 2.45 bits per heavy atom. The lowest BCUT2D eigenvalue weighted by molar-refractivity contribution is 0.704. The lowest BCUT2D eigenvalue weighted by atomic mass is 10.2. The van der Waals surface area contributed by atoms with E-state index in [9.17, 15) is 4.79 Å². The SMILES string of the molecule is CCN(c1ccc(Nc2nccn(CC)c2=O)cc1)C(C)C. The summed E-state index contributed by atoms with van der Waals surface area (Å²) in [6, 6.07) is 8.53. The van der Waals surface area contributed by atoms with Crippen LogP contribution in [-0.4, -0.2) is 22.1 Å². The van der Waals surface area contributed by atoms with Gasteiger partial charge in [-0.25, -0.2) is 4.98 Å². The summed E-state index contributed by atoms with van der Waals surface area (Å²) in [4.78, 5) is 18.6.